The predicted molar refractivity (Wildman–Crippen MR) is 96.4 cm³/mol. The lowest BCUT2D eigenvalue weighted by molar-refractivity contribution is 0.0715. The normalized spacial score (nSPS) is 14.1. The molecule has 1 N–H and O–H groups in total. The van der Waals surface area contributed by atoms with Crippen molar-refractivity contribution in [2.24, 2.45) is 0 Å². The van der Waals surface area contributed by atoms with Gasteiger partial charge in [0.15, 0.2) is 5.76 Å². The minimum atomic E-state index is -0.324. The first-order valence-corrected chi connectivity index (χ1v) is 7.91. The highest BCUT2D eigenvalue weighted by Crippen LogP contribution is 2.29. The van der Waals surface area contributed by atoms with E-state index in [2.05, 4.69) is 5.32 Å². The molecular formula is C21H15NO3. The lowest BCUT2D eigenvalue weighted by Crippen LogP contribution is -1.94. The minimum absolute atomic E-state index is 0.324. The molecule has 0 bridgehead atoms. The smallest absolute Gasteiger partial charge is 0.344 e. The fourth-order valence-electron chi connectivity index (χ4n) is 2.59. The van der Waals surface area contributed by atoms with Crippen LogP contribution in [0.3, 0.4) is 0 Å². The van der Waals surface area contributed by atoms with Crippen LogP contribution in [0.4, 0.5) is 5.69 Å². The molecular weight excluding hydrogens is 314 g/mol. The number of ether oxygens (including phenoxy) is 2. The van der Waals surface area contributed by atoms with E-state index >= 15 is 0 Å². The van der Waals surface area contributed by atoms with Gasteiger partial charge in [-0.3, -0.25) is 0 Å². The van der Waals surface area contributed by atoms with Gasteiger partial charge in [0.1, 0.15) is 11.5 Å². The highest BCUT2D eigenvalue weighted by atomic mass is 16.5. The van der Waals surface area contributed by atoms with Crippen LogP contribution in [0.2, 0.25) is 0 Å². The standard InChI is InChI=1S/C21H15NO3/c23-21-19-9-5-4-8-18(19)20(25-21)14-22-15-10-12-17(13-11-15)24-16-6-2-1-3-7-16/h1-14,22H/b20-14-. The molecule has 0 atom stereocenters. The van der Waals surface area contributed by atoms with E-state index in [-0.39, 0.29) is 5.97 Å². The molecule has 3 aromatic rings. The third-order valence-corrected chi connectivity index (χ3v) is 3.82. The second-order valence-corrected chi connectivity index (χ2v) is 5.53. The van der Waals surface area contributed by atoms with E-state index < -0.39 is 0 Å². The Balaban J connectivity index is 1.46. The van der Waals surface area contributed by atoms with Crippen LogP contribution in [0.5, 0.6) is 11.5 Å². The first-order chi connectivity index (χ1) is 12.3. The van der Waals surface area contributed by atoms with Crippen molar-refractivity contribution in [2.45, 2.75) is 0 Å². The molecule has 0 saturated carbocycles. The summed E-state index contributed by atoms with van der Waals surface area (Å²) in [6, 6.07) is 24.5. The van der Waals surface area contributed by atoms with Gasteiger partial charge in [-0.25, -0.2) is 4.79 Å². The second-order valence-electron chi connectivity index (χ2n) is 5.53. The first kappa shape index (κ1) is 15.0. The molecule has 0 aliphatic carbocycles. The first-order valence-electron chi connectivity index (χ1n) is 7.91. The summed E-state index contributed by atoms with van der Waals surface area (Å²) in [5.41, 5.74) is 2.25. The van der Waals surface area contributed by atoms with Crippen LogP contribution in [-0.2, 0) is 4.74 Å². The van der Waals surface area contributed by atoms with Crippen molar-refractivity contribution in [3.8, 4) is 11.5 Å². The Morgan fingerprint density at radius 2 is 1.40 bits per heavy atom. The molecule has 0 amide bonds. The zero-order valence-electron chi connectivity index (χ0n) is 13.3. The summed E-state index contributed by atoms with van der Waals surface area (Å²) in [7, 11) is 0. The molecule has 122 valence electrons. The Kier molecular flexibility index (Phi) is 3.92. The topological polar surface area (TPSA) is 47.6 Å². The Bertz CT molecular complexity index is 931. The number of cyclic esters (lactones) is 1. The summed E-state index contributed by atoms with van der Waals surface area (Å²) in [6.45, 7) is 0. The maximum Gasteiger partial charge on any atom is 0.344 e. The fraction of sp³-hybridized carbons (Fsp3) is 0. The predicted octanol–water partition coefficient (Wildman–Crippen LogP) is 5.06. The number of hydrogen-bond donors (Lipinski definition) is 1. The van der Waals surface area contributed by atoms with Gasteiger partial charge in [-0.15, -0.1) is 0 Å². The number of rotatable bonds is 4. The molecule has 4 rings (SSSR count). The van der Waals surface area contributed by atoms with E-state index in [0.717, 1.165) is 22.7 Å². The van der Waals surface area contributed by atoms with E-state index in [9.17, 15) is 4.79 Å². The molecule has 0 fully saturated rings. The van der Waals surface area contributed by atoms with Crippen LogP contribution in [0.1, 0.15) is 15.9 Å². The average molecular weight is 329 g/mol. The Labute approximate surface area is 145 Å². The third-order valence-electron chi connectivity index (χ3n) is 3.82. The van der Waals surface area contributed by atoms with Crippen molar-refractivity contribution >= 4 is 17.4 Å². The number of nitrogens with one attached hydrogen (secondary N) is 1. The number of hydrogen-bond acceptors (Lipinski definition) is 4. The quantitative estimate of drug-likeness (QED) is 0.680. The summed E-state index contributed by atoms with van der Waals surface area (Å²) in [5, 5.41) is 3.14. The summed E-state index contributed by atoms with van der Waals surface area (Å²) < 4.78 is 11.1. The number of carbonyl (C=O) groups is 1. The van der Waals surface area contributed by atoms with Crippen molar-refractivity contribution in [2.75, 3.05) is 5.32 Å². The van der Waals surface area contributed by atoms with Gasteiger partial charge in [0, 0.05) is 17.5 Å². The number of carbonyl (C=O) groups excluding carboxylic acids is 1. The number of para-hydroxylation sites is 1. The molecule has 4 heteroatoms. The zero-order chi connectivity index (χ0) is 17.1. The molecule has 3 aromatic carbocycles. The monoisotopic (exact) mass is 329 g/mol. The van der Waals surface area contributed by atoms with Crippen LogP contribution in [-0.4, -0.2) is 5.97 Å². The average Bonchev–Trinajstić information content (AvgIpc) is 2.98. The molecule has 0 spiro atoms. The second kappa shape index (κ2) is 6.53. The molecule has 0 aromatic heterocycles. The maximum atomic E-state index is 11.8. The SMILES string of the molecule is O=C1O/C(=C\Nc2ccc(Oc3ccccc3)cc2)c2ccccc21. The van der Waals surface area contributed by atoms with Gasteiger partial charge in [0.25, 0.3) is 0 Å². The van der Waals surface area contributed by atoms with Crippen molar-refractivity contribution in [1.82, 2.24) is 0 Å². The Hall–Kier alpha value is -3.53. The molecule has 0 saturated heterocycles. The van der Waals surface area contributed by atoms with Gasteiger partial charge < -0.3 is 14.8 Å². The Morgan fingerprint density at radius 3 is 2.16 bits per heavy atom. The fourth-order valence-corrected chi connectivity index (χ4v) is 2.59. The summed E-state index contributed by atoms with van der Waals surface area (Å²) >= 11 is 0. The molecule has 1 heterocycles. The van der Waals surface area contributed by atoms with Crippen molar-refractivity contribution in [3.63, 3.8) is 0 Å². The summed E-state index contributed by atoms with van der Waals surface area (Å²) in [5.74, 6) is 1.74. The van der Waals surface area contributed by atoms with E-state index in [0.29, 0.717) is 11.3 Å². The zero-order valence-corrected chi connectivity index (χ0v) is 13.3. The van der Waals surface area contributed by atoms with E-state index in [4.69, 9.17) is 9.47 Å². The van der Waals surface area contributed by atoms with E-state index in [1.807, 2.05) is 72.8 Å². The minimum Gasteiger partial charge on any atom is -0.457 e. The molecule has 1 aliphatic rings. The number of fused-ring (bicyclic) bond motifs is 1. The highest BCUT2D eigenvalue weighted by molar-refractivity contribution is 6.03. The Morgan fingerprint density at radius 1 is 0.760 bits per heavy atom. The lowest BCUT2D eigenvalue weighted by atomic mass is 10.1. The van der Waals surface area contributed by atoms with E-state index in [1.54, 1.807) is 12.3 Å². The number of esters is 1. The molecule has 1 aliphatic heterocycles. The lowest BCUT2D eigenvalue weighted by Gasteiger charge is -2.07. The van der Waals surface area contributed by atoms with Crippen LogP contribution >= 0.6 is 0 Å². The van der Waals surface area contributed by atoms with Crippen molar-refractivity contribution < 1.29 is 14.3 Å². The third kappa shape index (κ3) is 3.23. The summed E-state index contributed by atoms with van der Waals surface area (Å²) in [6.07, 6.45) is 1.69. The molecule has 0 unspecified atom stereocenters. The number of anilines is 1. The van der Waals surface area contributed by atoms with Gasteiger partial charge in [-0.05, 0) is 42.5 Å². The van der Waals surface area contributed by atoms with Crippen LogP contribution in [0.15, 0.2) is 85.1 Å². The van der Waals surface area contributed by atoms with Crippen LogP contribution in [0.25, 0.3) is 5.76 Å². The molecule has 25 heavy (non-hydrogen) atoms. The molecule has 0 radical (unpaired) electrons. The van der Waals surface area contributed by atoms with Gasteiger partial charge in [0.2, 0.25) is 0 Å². The van der Waals surface area contributed by atoms with Crippen LogP contribution in [0, 0.1) is 0 Å². The maximum absolute atomic E-state index is 11.8. The largest absolute Gasteiger partial charge is 0.457 e. The van der Waals surface area contributed by atoms with Gasteiger partial charge in [-0.2, -0.15) is 0 Å². The van der Waals surface area contributed by atoms with E-state index in [1.165, 1.54) is 0 Å². The van der Waals surface area contributed by atoms with Gasteiger partial charge in [0.05, 0.1) is 5.56 Å². The molecule has 4 nitrogen and oxygen atoms in total. The highest BCUT2D eigenvalue weighted by Gasteiger charge is 2.25. The van der Waals surface area contributed by atoms with Crippen molar-refractivity contribution in [3.05, 3.63) is 96.2 Å². The van der Waals surface area contributed by atoms with Gasteiger partial charge >= 0.3 is 5.97 Å². The van der Waals surface area contributed by atoms with Gasteiger partial charge in [-0.1, -0.05) is 36.4 Å². The van der Waals surface area contributed by atoms with Crippen molar-refractivity contribution in [1.29, 1.82) is 0 Å². The summed E-state index contributed by atoms with van der Waals surface area (Å²) in [4.78, 5) is 11.8. The number of benzene rings is 3. The van der Waals surface area contributed by atoms with Crippen LogP contribution < -0.4 is 10.1 Å².